The number of hydrogen-bond acceptors (Lipinski definition) is 2. The molecule has 1 fully saturated rings. The highest BCUT2D eigenvalue weighted by atomic mass is 15.1. The first-order valence-electron chi connectivity index (χ1n) is 7.96. The average Bonchev–Trinajstić information content (AvgIpc) is 3.08. The predicted octanol–water partition coefficient (Wildman–Crippen LogP) is 4.14. The summed E-state index contributed by atoms with van der Waals surface area (Å²) in [5.41, 5.74) is 4.15. The van der Waals surface area contributed by atoms with Gasteiger partial charge in [-0.2, -0.15) is 0 Å². The first-order valence-corrected chi connectivity index (χ1v) is 7.96. The van der Waals surface area contributed by atoms with E-state index in [2.05, 4.69) is 71.7 Å². The smallest absolute Gasteiger partial charge is 0.0411 e. The van der Waals surface area contributed by atoms with Gasteiger partial charge in [-0.25, -0.2) is 0 Å². The van der Waals surface area contributed by atoms with Crippen LogP contribution in [0.1, 0.15) is 36.9 Å². The Labute approximate surface area is 127 Å². The molecule has 0 radical (unpaired) electrons. The Balaban J connectivity index is 1.68. The molecule has 3 rings (SSSR count). The second kappa shape index (κ2) is 6.77. The highest BCUT2D eigenvalue weighted by Crippen LogP contribution is 2.25. The van der Waals surface area contributed by atoms with E-state index in [-0.39, 0.29) is 0 Å². The molecule has 2 aromatic carbocycles. The molecular weight excluding hydrogens is 256 g/mol. The van der Waals surface area contributed by atoms with Gasteiger partial charge < -0.3 is 10.2 Å². The van der Waals surface area contributed by atoms with Gasteiger partial charge in [0.15, 0.2) is 0 Å². The van der Waals surface area contributed by atoms with Gasteiger partial charge in [-0.1, -0.05) is 48.5 Å². The minimum Gasteiger partial charge on any atom is -0.371 e. The van der Waals surface area contributed by atoms with E-state index >= 15 is 0 Å². The lowest BCUT2D eigenvalue weighted by Crippen LogP contribution is -2.23. The van der Waals surface area contributed by atoms with Crippen molar-refractivity contribution in [1.82, 2.24) is 5.32 Å². The van der Waals surface area contributed by atoms with Gasteiger partial charge >= 0.3 is 0 Å². The number of rotatable bonds is 5. The molecule has 0 bridgehead atoms. The minimum atomic E-state index is 0.373. The Kier molecular flexibility index (Phi) is 4.56. The SMILES string of the molecule is CC(NCc1ccccc1N1CCCC1)c1ccccc1. The Morgan fingerprint density at radius 2 is 1.62 bits per heavy atom. The van der Waals surface area contributed by atoms with Gasteiger partial charge in [-0.05, 0) is 37.0 Å². The van der Waals surface area contributed by atoms with E-state index < -0.39 is 0 Å². The first-order chi connectivity index (χ1) is 10.3. The van der Waals surface area contributed by atoms with Crippen molar-refractivity contribution in [3.8, 4) is 0 Å². The van der Waals surface area contributed by atoms with Crippen molar-refractivity contribution in [2.75, 3.05) is 18.0 Å². The predicted molar refractivity (Wildman–Crippen MR) is 89.6 cm³/mol. The lowest BCUT2D eigenvalue weighted by atomic mass is 10.1. The molecule has 1 aliphatic rings. The summed E-state index contributed by atoms with van der Waals surface area (Å²) >= 11 is 0. The fraction of sp³-hybridized carbons (Fsp3) is 0.368. The third-order valence-corrected chi connectivity index (χ3v) is 4.34. The lowest BCUT2D eigenvalue weighted by molar-refractivity contribution is 0.574. The van der Waals surface area contributed by atoms with Crippen LogP contribution >= 0.6 is 0 Å². The summed E-state index contributed by atoms with van der Waals surface area (Å²) in [6.45, 7) is 5.55. The Bertz CT molecular complexity index is 559. The molecule has 1 N–H and O–H groups in total. The van der Waals surface area contributed by atoms with Gasteiger partial charge in [0.05, 0.1) is 0 Å². The van der Waals surface area contributed by atoms with E-state index in [1.54, 1.807) is 0 Å². The topological polar surface area (TPSA) is 15.3 Å². The van der Waals surface area contributed by atoms with Gasteiger partial charge in [0.25, 0.3) is 0 Å². The quantitative estimate of drug-likeness (QED) is 0.885. The van der Waals surface area contributed by atoms with Gasteiger partial charge in [0.2, 0.25) is 0 Å². The average molecular weight is 280 g/mol. The molecule has 0 spiro atoms. The van der Waals surface area contributed by atoms with Crippen molar-refractivity contribution in [3.63, 3.8) is 0 Å². The normalized spacial score (nSPS) is 16.1. The van der Waals surface area contributed by atoms with Gasteiger partial charge in [-0.15, -0.1) is 0 Å². The Morgan fingerprint density at radius 3 is 2.38 bits per heavy atom. The van der Waals surface area contributed by atoms with Crippen molar-refractivity contribution in [2.24, 2.45) is 0 Å². The van der Waals surface area contributed by atoms with Crippen LogP contribution in [0.2, 0.25) is 0 Å². The largest absolute Gasteiger partial charge is 0.371 e. The zero-order valence-corrected chi connectivity index (χ0v) is 12.8. The number of anilines is 1. The number of hydrogen-bond donors (Lipinski definition) is 1. The van der Waals surface area contributed by atoms with Gasteiger partial charge in [-0.3, -0.25) is 0 Å². The number of nitrogens with zero attached hydrogens (tertiary/aromatic N) is 1. The standard InChI is InChI=1S/C19H24N2/c1-16(17-9-3-2-4-10-17)20-15-18-11-5-6-12-19(18)21-13-7-8-14-21/h2-6,9-12,16,20H,7-8,13-15H2,1H3. The van der Waals surface area contributed by atoms with Crippen LogP contribution in [0.5, 0.6) is 0 Å². The molecule has 0 aromatic heterocycles. The fourth-order valence-electron chi connectivity index (χ4n) is 3.05. The lowest BCUT2D eigenvalue weighted by Gasteiger charge is -2.22. The second-order valence-electron chi connectivity index (χ2n) is 5.84. The third kappa shape index (κ3) is 3.45. The minimum absolute atomic E-state index is 0.373. The number of nitrogens with one attached hydrogen (secondary N) is 1. The van der Waals surface area contributed by atoms with E-state index in [4.69, 9.17) is 0 Å². The molecule has 0 amide bonds. The van der Waals surface area contributed by atoms with Crippen LogP contribution in [-0.2, 0) is 6.54 Å². The monoisotopic (exact) mass is 280 g/mol. The highest BCUT2D eigenvalue weighted by molar-refractivity contribution is 5.54. The number of benzene rings is 2. The summed E-state index contributed by atoms with van der Waals surface area (Å²) in [6, 6.07) is 19.8. The van der Waals surface area contributed by atoms with Crippen LogP contribution < -0.4 is 10.2 Å². The van der Waals surface area contributed by atoms with Crippen LogP contribution in [-0.4, -0.2) is 13.1 Å². The summed E-state index contributed by atoms with van der Waals surface area (Å²) in [4.78, 5) is 2.52. The van der Waals surface area contributed by atoms with Crippen molar-refractivity contribution < 1.29 is 0 Å². The molecule has 110 valence electrons. The van der Waals surface area contributed by atoms with Crippen LogP contribution in [0.3, 0.4) is 0 Å². The molecule has 1 atom stereocenters. The van der Waals surface area contributed by atoms with E-state index in [9.17, 15) is 0 Å². The van der Waals surface area contributed by atoms with Crippen LogP contribution in [0.25, 0.3) is 0 Å². The van der Waals surface area contributed by atoms with Crippen LogP contribution in [0.15, 0.2) is 54.6 Å². The molecule has 1 saturated heterocycles. The molecule has 0 saturated carbocycles. The summed E-state index contributed by atoms with van der Waals surface area (Å²) in [7, 11) is 0. The molecule has 2 nitrogen and oxygen atoms in total. The summed E-state index contributed by atoms with van der Waals surface area (Å²) in [5.74, 6) is 0. The maximum atomic E-state index is 3.65. The molecule has 1 unspecified atom stereocenters. The molecule has 1 aliphatic heterocycles. The molecule has 21 heavy (non-hydrogen) atoms. The van der Waals surface area contributed by atoms with E-state index in [1.807, 2.05) is 0 Å². The van der Waals surface area contributed by atoms with Crippen molar-refractivity contribution in [1.29, 1.82) is 0 Å². The van der Waals surface area contributed by atoms with E-state index in [1.165, 1.54) is 42.7 Å². The maximum absolute atomic E-state index is 3.65. The second-order valence-corrected chi connectivity index (χ2v) is 5.84. The van der Waals surface area contributed by atoms with Crippen LogP contribution in [0.4, 0.5) is 5.69 Å². The van der Waals surface area contributed by atoms with Crippen LogP contribution in [0, 0.1) is 0 Å². The molecule has 1 heterocycles. The van der Waals surface area contributed by atoms with Gasteiger partial charge in [0, 0.05) is 31.4 Å². The molecular formula is C19H24N2. The highest BCUT2D eigenvalue weighted by Gasteiger charge is 2.15. The first kappa shape index (κ1) is 14.2. The van der Waals surface area contributed by atoms with E-state index in [0.29, 0.717) is 6.04 Å². The van der Waals surface area contributed by atoms with E-state index in [0.717, 1.165) is 6.54 Å². The van der Waals surface area contributed by atoms with Crippen molar-refractivity contribution in [2.45, 2.75) is 32.4 Å². The summed E-state index contributed by atoms with van der Waals surface area (Å²) < 4.78 is 0. The fourth-order valence-corrected chi connectivity index (χ4v) is 3.05. The summed E-state index contributed by atoms with van der Waals surface area (Å²) in [5, 5.41) is 3.65. The molecule has 2 heteroatoms. The molecule has 2 aromatic rings. The zero-order valence-electron chi connectivity index (χ0n) is 12.8. The Morgan fingerprint density at radius 1 is 0.952 bits per heavy atom. The number of para-hydroxylation sites is 1. The summed E-state index contributed by atoms with van der Waals surface area (Å²) in [6.07, 6.45) is 2.64. The third-order valence-electron chi connectivity index (χ3n) is 4.34. The van der Waals surface area contributed by atoms with Gasteiger partial charge in [0.1, 0.15) is 0 Å². The van der Waals surface area contributed by atoms with Crippen molar-refractivity contribution in [3.05, 3.63) is 65.7 Å². The zero-order chi connectivity index (χ0) is 14.5. The Hall–Kier alpha value is -1.80. The molecule has 0 aliphatic carbocycles. The maximum Gasteiger partial charge on any atom is 0.0411 e. The van der Waals surface area contributed by atoms with Crippen molar-refractivity contribution >= 4 is 5.69 Å².